The van der Waals surface area contributed by atoms with Gasteiger partial charge in [-0.1, -0.05) is 0 Å². The topological polar surface area (TPSA) is 79.2 Å². The molecule has 2 aromatic heterocycles. The van der Waals surface area contributed by atoms with Crippen molar-refractivity contribution in [1.29, 1.82) is 0 Å². The van der Waals surface area contributed by atoms with Crippen LogP contribution in [0.5, 0.6) is 0 Å². The van der Waals surface area contributed by atoms with Gasteiger partial charge in [-0.15, -0.1) is 0 Å². The molecule has 0 bridgehead atoms. The zero-order chi connectivity index (χ0) is 17.1. The number of carboxylic acid groups (broad SMARTS) is 1. The molecular weight excluding hydrogens is 304 g/mol. The smallest absolute Gasteiger partial charge is 0.337 e. The summed E-state index contributed by atoms with van der Waals surface area (Å²) in [5.41, 5.74) is 2.58. The van der Waals surface area contributed by atoms with Crippen molar-refractivity contribution in [3.63, 3.8) is 0 Å². The lowest BCUT2D eigenvalue weighted by molar-refractivity contribution is 0.0696. The maximum absolute atomic E-state index is 11.1. The summed E-state index contributed by atoms with van der Waals surface area (Å²) in [5, 5.41) is 9.09. The van der Waals surface area contributed by atoms with E-state index in [1.54, 1.807) is 18.6 Å². The van der Waals surface area contributed by atoms with E-state index in [0.29, 0.717) is 23.2 Å². The van der Waals surface area contributed by atoms with Gasteiger partial charge in [-0.3, -0.25) is 4.98 Å². The van der Waals surface area contributed by atoms with Crippen molar-refractivity contribution in [3.05, 3.63) is 42.1 Å². The molecule has 126 valence electrons. The number of hydrogen-bond donors (Lipinski definition) is 1. The van der Waals surface area contributed by atoms with Gasteiger partial charge in [0, 0.05) is 36.2 Å². The first-order chi connectivity index (χ1) is 11.5. The molecule has 6 heteroatoms. The van der Waals surface area contributed by atoms with Crippen LogP contribution in [0, 0.1) is 5.92 Å². The lowest BCUT2D eigenvalue weighted by Gasteiger charge is -2.20. The van der Waals surface area contributed by atoms with Gasteiger partial charge in [-0.25, -0.2) is 14.8 Å². The highest BCUT2D eigenvalue weighted by Crippen LogP contribution is 2.23. The Balaban J connectivity index is 1.75. The van der Waals surface area contributed by atoms with Crippen LogP contribution in [0.2, 0.25) is 0 Å². The predicted molar refractivity (Wildman–Crippen MR) is 90.7 cm³/mol. The third-order valence-electron chi connectivity index (χ3n) is 4.55. The molecule has 3 rings (SSSR count). The molecule has 24 heavy (non-hydrogen) atoms. The van der Waals surface area contributed by atoms with Crippen LogP contribution in [0.15, 0.2) is 30.9 Å². The SMILES string of the molecule is CC(C)N1CCC(Cc2cc(-c3cncc(C(=O)O)c3)ncn2)C1. The van der Waals surface area contributed by atoms with Crippen molar-refractivity contribution in [2.45, 2.75) is 32.7 Å². The van der Waals surface area contributed by atoms with Crippen molar-refractivity contribution >= 4 is 5.97 Å². The average Bonchev–Trinajstić information content (AvgIpc) is 3.04. The van der Waals surface area contributed by atoms with E-state index in [1.807, 2.05) is 6.07 Å². The second kappa shape index (κ2) is 7.05. The van der Waals surface area contributed by atoms with E-state index in [-0.39, 0.29) is 5.56 Å². The summed E-state index contributed by atoms with van der Waals surface area (Å²) in [5.74, 6) is -0.378. The van der Waals surface area contributed by atoms with E-state index in [1.165, 1.54) is 12.6 Å². The van der Waals surface area contributed by atoms with Gasteiger partial charge in [-0.2, -0.15) is 0 Å². The number of carboxylic acids is 1. The lowest BCUT2D eigenvalue weighted by atomic mass is 10.0. The number of nitrogens with zero attached hydrogens (tertiary/aromatic N) is 4. The number of aromatic carboxylic acids is 1. The Morgan fingerprint density at radius 3 is 2.88 bits per heavy atom. The maximum Gasteiger partial charge on any atom is 0.337 e. The van der Waals surface area contributed by atoms with E-state index in [9.17, 15) is 4.79 Å². The molecule has 0 spiro atoms. The highest BCUT2D eigenvalue weighted by molar-refractivity contribution is 5.88. The van der Waals surface area contributed by atoms with E-state index in [2.05, 4.69) is 33.7 Å². The largest absolute Gasteiger partial charge is 0.478 e. The molecule has 1 atom stereocenters. The minimum absolute atomic E-state index is 0.163. The lowest BCUT2D eigenvalue weighted by Crippen LogP contribution is -2.28. The van der Waals surface area contributed by atoms with Crippen LogP contribution >= 0.6 is 0 Å². The van der Waals surface area contributed by atoms with Gasteiger partial charge in [0.25, 0.3) is 0 Å². The zero-order valence-corrected chi connectivity index (χ0v) is 14.0. The molecule has 1 aliphatic heterocycles. The first-order valence-electron chi connectivity index (χ1n) is 8.26. The summed E-state index contributed by atoms with van der Waals surface area (Å²) in [4.78, 5) is 26.2. The van der Waals surface area contributed by atoms with Crippen LogP contribution in [0.3, 0.4) is 0 Å². The third kappa shape index (κ3) is 3.76. The number of likely N-dealkylation sites (tertiary alicyclic amines) is 1. The number of pyridine rings is 1. The molecule has 1 unspecified atom stereocenters. The molecular formula is C18H22N4O2. The van der Waals surface area contributed by atoms with Gasteiger partial charge in [0.15, 0.2) is 0 Å². The highest BCUT2D eigenvalue weighted by atomic mass is 16.4. The van der Waals surface area contributed by atoms with Crippen LogP contribution < -0.4 is 0 Å². The first-order valence-corrected chi connectivity index (χ1v) is 8.26. The standard InChI is InChI=1S/C18H22N4O2/c1-12(2)22-4-3-13(10-22)5-16-7-17(21-11-20-16)14-6-15(18(23)24)9-19-8-14/h6-9,11-13H,3-5,10H2,1-2H3,(H,23,24). The fraction of sp³-hybridized carbons (Fsp3) is 0.444. The summed E-state index contributed by atoms with van der Waals surface area (Å²) in [6, 6.07) is 4.12. The van der Waals surface area contributed by atoms with Crippen molar-refractivity contribution in [2.75, 3.05) is 13.1 Å². The Morgan fingerprint density at radius 2 is 2.17 bits per heavy atom. The first kappa shape index (κ1) is 16.5. The molecule has 1 fully saturated rings. The van der Waals surface area contributed by atoms with Crippen LogP contribution in [-0.2, 0) is 6.42 Å². The molecule has 0 amide bonds. The molecule has 0 aliphatic carbocycles. The average molecular weight is 326 g/mol. The number of hydrogen-bond acceptors (Lipinski definition) is 5. The van der Waals surface area contributed by atoms with Crippen molar-refractivity contribution in [1.82, 2.24) is 19.9 Å². The van der Waals surface area contributed by atoms with Gasteiger partial charge in [0.1, 0.15) is 6.33 Å². The fourth-order valence-corrected chi connectivity index (χ4v) is 3.16. The molecule has 0 radical (unpaired) electrons. The second-order valence-corrected chi connectivity index (χ2v) is 6.61. The highest BCUT2D eigenvalue weighted by Gasteiger charge is 2.24. The van der Waals surface area contributed by atoms with Crippen molar-refractivity contribution in [3.8, 4) is 11.3 Å². The van der Waals surface area contributed by atoms with Gasteiger partial charge in [0.2, 0.25) is 0 Å². The second-order valence-electron chi connectivity index (χ2n) is 6.61. The number of rotatable bonds is 5. The van der Waals surface area contributed by atoms with Gasteiger partial charge >= 0.3 is 5.97 Å². The molecule has 3 heterocycles. The Kier molecular flexibility index (Phi) is 4.85. The van der Waals surface area contributed by atoms with Crippen LogP contribution in [0.1, 0.15) is 36.3 Å². The van der Waals surface area contributed by atoms with Gasteiger partial charge < -0.3 is 10.0 Å². The molecule has 1 N–H and O–H groups in total. The van der Waals surface area contributed by atoms with E-state index < -0.39 is 5.97 Å². The molecule has 6 nitrogen and oxygen atoms in total. The zero-order valence-electron chi connectivity index (χ0n) is 14.0. The predicted octanol–water partition coefficient (Wildman–Crippen LogP) is 2.51. The van der Waals surface area contributed by atoms with Crippen molar-refractivity contribution < 1.29 is 9.90 Å². The third-order valence-corrected chi connectivity index (χ3v) is 4.55. The summed E-state index contributed by atoms with van der Waals surface area (Å²) in [6.45, 7) is 6.71. The molecule has 0 aromatic carbocycles. The minimum Gasteiger partial charge on any atom is -0.478 e. The summed E-state index contributed by atoms with van der Waals surface area (Å²) in [7, 11) is 0. The maximum atomic E-state index is 11.1. The fourth-order valence-electron chi connectivity index (χ4n) is 3.16. The Labute approximate surface area is 141 Å². The normalized spacial score (nSPS) is 18.2. The van der Waals surface area contributed by atoms with Gasteiger partial charge in [-0.05, 0) is 51.3 Å². The minimum atomic E-state index is -0.988. The summed E-state index contributed by atoms with van der Waals surface area (Å²) < 4.78 is 0. The molecule has 0 saturated carbocycles. The van der Waals surface area contributed by atoms with E-state index in [4.69, 9.17) is 5.11 Å². The van der Waals surface area contributed by atoms with Crippen LogP contribution in [0.25, 0.3) is 11.3 Å². The van der Waals surface area contributed by atoms with E-state index in [0.717, 1.165) is 25.2 Å². The molecule has 1 aliphatic rings. The summed E-state index contributed by atoms with van der Waals surface area (Å²) in [6.07, 6.45) is 6.63. The monoisotopic (exact) mass is 326 g/mol. The van der Waals surface area contributed by atoms with Crippen LogP contribution in [0.4, 0.5) is 0 Å². The van der Waals surface area contributed by atoms with Gasteiger partial charge in [0.05, 0.1) is 11.3 Å². The molecule has 2 aromatic rings. The van der Waals surface area contributed by atoms with Crippen LogP contribution in [-0.4, -0.2) is 50.1 Å². The summed E-state index contributed by atoms with van der Waals surface area (Å²) >= 11 is 0. The number of aromatic nitrogens is 3. The van der Waals surface area contributed by atoms with Crippen molar-refractivity contribution in [2.24, 2.45) is 5.92 Å². The quantitative estimate of drug-likeness (QED) is 0.909. The van der Waals surface area contributed by atoms with E-state index >= 15 is 0 Å². The number of carbonyl (C=O) groups is 1. The molecule has 1 saturated heterocycles. The Bertz CT molecular complexity index is 732. The Morgan fingerprint density at radius 1 is 1.33 bits per heavy atom. The Hall–Kier alpha value is -2.34.